The quantitative estimate of drug-likeness (QED) is 0.509. The van der Waals surface area contributed by atoms with E-state index in [0.29, 0.717) is 10.5 Å². The van der Waals surface area contributed by atoms with Gasteiger partial charge >= 0.3 is 6.16 Å². The number of carbonyl (C=O) groups is 1. The van der Waals surface area contributed by atoms with Gasteiger partial charge in [0, 0.05) is 12.2 Å². The van der Waals surface area contributed by atoms with Crippen LogP contribution in [0.5, 0.6) is 0 Å². The number of halogens is 1. The second-order valence-corrected chi connectivity index (χ2v) is 7.66. The van der Waals surface area contributed by atoms with Crippen LogP contribution in [0.2, 0.25) is 0 Å². The lowest BCUT2D eigenvalue weighted by atomic mass is 9.98. The Hall–Kier alpha value is -1.31. The third-order valence-corrected chi connectivity index (χ3v) is 4.52. The van der Waals surface area contributed by atoms with Crippen molar-refractivity contribution in [1.82, 2.24) is 0 Å². The lowest BCUT2D eigenvalue weighted by Crippen LogP contribution is -2.20. The number of carbonyl (C=O) groups excluding carboxylic acids is 1. The molecule has 0 heterocycles. The van der Waals surface area contributed by atoms with Crippen LogP contribution in [0.15, 0.2) is 29.2 Å². The van der Waals surface area contributed by atoms with Crippen molar-refractivity contribution in [3.8, 4) is 0 Å². The molecule has 0 saturated carbocycles. The SMILES string of the molecule is CCCCOC(=O)O[C@H](c1ccc(S(C)(O)O)cc1)[C@H](C)CF. The third kappa shape index (κ3) is 6.37. The van der Waals surface area contributed by atoms with Gasteiger partial charge in [0.05, 0.1) is 18.2 Å². The summed E-state index contributed by atoms with van der Waals surface area (Å²) in [5, 5.41) is 0. The molecule has 1 rings (SSSR count). The lowest BCUT2D eigenvalue weighted by molar-refractivity contribution is -0.000617. The summed E-state index contributed by atoms with van der Waals surface area (Å²) in [5.74, 6) is -0.540. The summed E-state index contributed by atoms with van der Waals surface area (Å²) < 4.78 is 42.5. The normalized spacial score (nSPS) is 14.9. The molecule has 0 aliphatic carbocycles. The molecule has 7 heteroatoms. The molecule has 0 fully saturated rings. The standard InChI is InChI=1S/C16H25FO5S/c1-4-5-10-21-16(18)22-15(12(2)11-17)13-6-8-14(9-7-13)23(3,19)20/h6-9,12,15,19-20H,4-5,10-11H2,1-3H3/t12-,15+/m1/s1. The summed E-state index contributed by atoms with van der Waals surface area (Å²) in [6.45, 7) is 3.22. The number of unbranched alkanes of at least 4 members (excludes halogenated alkanes) is 1. The van der Waals surface area contributed by atoms with Crippen molar-refractivity contribution in [1.29, 1.82) is 0 Å². The zero-order chi connectivity index (χ0) is 17.5. The van der Waals surface area contributed by atoms with Crippen molar-refractivity contribution in [2.75, 3.05) is 19.5 Å². The summed E-state index contributed by atoms with van der Waals surface area (Å²) in [7, 11) is -2.82. The van der Waals surface area contributed by atoms with Crippen molar-refractivity contribution < 1.29 is 27.8 Å². The van der Waals surface area contributed by atoms with E-state index < -0.39 is 35.4 Å². The van der Waals surface area contributed by atoms with E-state index in [1.165, 1.54) is 18.4 Å². The largest absolute Gasteiger partial charge is 0.508 e. The first-order valence-corrected chi connectivity index (χ1v) is 9.47. The van der Waals surface area contributed by atoms with E-state index in [9.17, 15) is 18.3 Å². The third-order valence-electron chi connectivity index (χ3n) is 3.36. The number of benzene rings is 1. The topological polar surface area (TPSA) is 76.0 Å². The molecule has 0 saturated heterocycles. The molecule has 1 aromatic carbocycles. The van der Waals surface area contributed by atoms with E-state index in [1.807, 2.05) is 6.92 Å². The van der Waals surface area contributed by atoms with Gasteiger partial charge in [-0.15, -0.1) is 0 Å². The van der Waals surface area contributed by atoms with Crippen LogP contribution in [-0.4, -0.2) is 34.8 Å². The molecule has 0 amide bonds. The Morgan fingerprint density at radius 3 is 2.39 bits per heavy atom. The Morgan fingerprint density at radius 2 is 1.91 bits per heavy atom. The Labute approximate surface area is 138 Å². The fraction of sp³-hybridized carbons (Fsp3) is 0.562. The molecule has 2 atom stereocenters. The fourth-order valence-corrected chi connectivity index (χ4v) is 2.60. The van der Waals surface area contributed by atoms with Crippen molar-refractivity contribution >= 4 is 16.7 Å². The molecular weight excluding hydrogens is 323 g/mol. The van der Waals surface area contributed by atoms with Gasteiger partial charge < -0.3 is 9.47 Å². The van der Waals surface area contributed by atoms with Crippen LogP contribution in [0.1, 0.15) is 38.4 Å². The Morgan fingerprint density at radius 1 is 1.30 bits per heavy atom. The number of alkyl halides is 1. The summed E-state index contributed by atoms with van der Waals surface area (Å²) in [6, 6.07) is 6.27. The summed E-state index contributed by atoms with van der Waals surface area (Å²) in [5.41, 5.74) is 0.579. The Kier molecular flexibility index (Phi) is 7.81. The van der Waals surface area contributed by atoms with Gasteiger partial charge in [0.2, 0.25) is 0 Å². The molecular formula is C16H25FO5S. The van der Waals surface area contributed by atoms with Gasteiger partial charge in [-0.3, -0.25) is 13.5 Å². The van der Waals surface area contributed by atoms with E-state index >= 15 is 0 Å². The van der Waals surface area contributed by atoms with Gasteiger partial charge in [0.1, 0.15) is 6.10 Å². The Bertz CT molecular complexity index is 486. The van der Waals surface area contributed by atoms with Crippen LogP contribution in [0.4, 0.5) is 9.18 Å². The van der Waals surface area contributed by atoms with E-state index in [0.717, 1.165) is 12.8 Å². The van der Waals surface area contributed by atoms with E-state index in [1.54, 1.807) is 19.1 Å². The number of hydrogen-bond acceptors (Lipinski definition) is 5. The highest BCUT2D eigenvalue weighted by atomic mass is 32.3. The molecule has 132 valence electrons. The molecule has 2 N–H and O–H groups in total. The zero-order valence-corrected chi connectivity index (χ0v) is 14.5. The van der Waals surface area contributed by atoms with Crippen molar-refractivity contribution in [2.45, 2.75) is 37.7 Å². The van der Waals surface area contributed by atoms with Crippen molar-refractivity contribution in [3.05, 3.63) is 29.8 Å². The van der Waals surface area contributed by atoms with Gasteiger partial charge in [-0.1, -0.05) is 32.4 Å². The molecule has 23 heavy (non-hydrogen) atoms. The summed E-state index contributed by atoms with van der Waals surface area (Å²) in [4.78, 5) is 12.1. The number of ether oxygens (including phenoxy) is 2. The minimum absolute atomic E-state index is 0.266. The Balaban J connectivity index is 2.83. The average Bonchev–Trinajstić information content (AvgIpc) is 2.51. The lowest BCUT2D eigenvalue weighted by Gasteiger charge is -2.28. The van der Waals surface area contributed by atoms with Crippen molar-refractivity contribution in [2.24, 2.45) is 5.92 Å². The van der Waals surface area contributed by atoms with Gasteiger partial charge in [-0.2, -0.15) is 10.6 Å². The van der Waals surface area contributed by atoms with Crippen LogP contribution < -0.4 is 0 Å². The second-order valence-electron chi connectivity index (χ2n) is 5.52. The smallest absolute Gasteiger partial charge is 0.434 e. The minimum Gasteiger partial charge on any atom is -0.434 e. The maximum atomic E-state index is 13.0. The number of rotatable bonds is 8. The monoisotopic (exact) mass is 348 g/mol. The number of hydrogen-bond donors (Lipinski definition) is 2. The maximum Gasteiger partial charge on any atom is 0.508 e. The molecule has 0 spiro atoms. The van der Waals surface area contributed by atoms with E-state index in [4.69, 9.17) is 9.47 Å². The predicted molar refractivity (Wildman–Crippen MR) is 88.7 cm³/mol. The summed E-state index contributed by atoms with van der Waals surface area (Å²) in [6.07, 6.45) is 1.34. The molecule has 0 aliphatic rings. The van der Waals surface area contributed by atoms with Gasteiger partial charge in [0.15, 0.2) is 0 Å². The zero-order valence-electron chi connectivity index (χ0n) is 13.7. The molecule has 0 bridgehead atoms. The van der Waals surface area contributed by atoms with Crippen LogP contribution in [-0.2, 0) is 9.47 Å². The summed E-state index contributed by atoms with van der Waals surface area (Å²) >= 11 is 0. The first-order chi connectivity index (χ1) is 10.8. The second kappa shape index (κ2) is 9.10. The maximum absolute atomic E-state index is 13.0. The van der Waals surface area contributed by atoms with Crippen LogP contribution in [0.25, 0.3) is 0 Å². The molecule has 0 radical (unpaired) electrons. The predicted octanol–water partition coefficient (Wildman–Crippen LogP) is 5.03. The van der Waals surface area contributed by atoms with E-state index in [2.05, 4.69) is 0 Å². The van der Waals surface area contributed by atoms with Gasteiger partial charge in [-0.05, 0) is 24.1 Å². The first kappa shape index (κ1) is 19.7. The highest BCUT2D eigenvalue weighted by Gasteiger charge is 2.25. The highest BCUT2D eigenvalue weighted by molar-refractivity contribution is 8.23. The molecule has 1 aromatic rings. The molecule has 0 unspecified atom stereocenters. The molecule has 0 aliphatic heterocycles. The highest BCUT2D eigenvalue weighted by Crippen LogP contribution is 2.44. The molecule has 0 aromatic heterocycles. The fourth-order valence-electron chi connectivity index (χ4n) is 1.95. The van der Waals surface area contributed by atoms with E-state index in [-0.39, 0.29) is 6.61 Å². The average molecular weight is 348 g/mol. The van der Waals surface area contributed by atoms with Crippen LogP contribution >= 0.6 is 10.6 Å². The first-order valence-electron chi connectivity index (χ1n) is 7.52. The van der Waals surface area contributed by atoms with Gasteiger partial charge in [-0.25, -0.2) is 4.79 Å². The van der Waals surface area contributed by atoms with Crippen molar-refractivity contribution in [3.63, 3.8) is 0 Å². The minimum atomic E-state index is -2.82. The molecule has 5 nitrogen and oxygen atoms in total. The van der Waals surface area contributed by atoms with Gasteiger partial charge in [0.25, 0.3) is 0 Å². The van der Waals surface area contributed by atoms with Crippen LogP contribution in [0.3, 0.4) is 0 Å². The van der Waals surface area contributed by atoms with Crippen LogP contribution in [0, 0.1) is 5.92 Å².